The minimum atomic E-state index is -0.517. The van der Waals surface area contributed by atoms with Gasteiger partial charge in [-0.2, -0.15) is 0 Å². The van der Waals surface area contributed by atoms with Crippen molar-refractivity contribution in [3.05, 3.63) is 50.8 Å². The van der Waals surface area contributed by atoms with E-state index in [1.165, 1.54) is 29.6 Å². The number of benzene rings is 1. The SMILES string of the molecule is CC(=O)c1sc(-c2ccc(OCC(=O)Nc3sc4c(c3C(N)=O)CCC4)cc2)nc1C. The average molecular weight is 456 g/mol. The van der Waals surface area contributed by atoms with E-state index in [-0.39, 0.29) is 18.3 Å². The third-order valence-electron chi connectivity index (χ3n) is 5.01. The number of nitrogens with one attached hydrogen (secondary N) is 1. The van der Waals surface area contributed by atoms with E-state index in [9.17, 15) is 14.4 Å². The number of thiophene rings is 1. The van der Waals surface area contributed by atoms with E-state index in [1.54, 1.807) is 12.1 Å². The maximum Gasteiger partial charge on any atom is 0.262 e. The summed E-state index contributed by atoms with van der Waals surface area (Å²) < 4.78 is 5.58. The lowest BCUT2D eigenvalue weighted by Crippen LogP contribution is -2.22. The number of ether oxygens (including phenoxy) is 1. The number of rotatable bonds is 7. The number of aryl methyl sites for hydroxylation is 2. The van der Waals surface area contributed by atoms with Crippen LogP contribution < -0.4 is 15.8 Å². The van der Waals surface area contributed by atoms with Crippen molar-refractivity contribution < 1.29 is 19.1 Å². The number of anilines is 1. The molecule has 7 nitrogen and oxygen atoms in total. The van der Waals surface area contributed by atoms with E-state index in [2.05, 4.69) is 10.3 Å². The van der Waals surface area contributed by atoms with Gasteiger partial charge >= 0.3 is 0 Å². The van der Waals surface area contributed by atoms with Crippen LogP contribution in [-0.4, -0.2) is 29.2 Å². The molecule has 3 N–H and O–H groups in total. The number of primary amides is 1. The van der Waals surface area contributed by atoms with E-state index < -0.39 is 5.91 Å². The second kappa shape index (κ2) is 8.60. The zero-order valence-electron chi connectivity index (χ0n) is 17.1. The van der Waals surface area contributed by atoms with Gasteiger partial charge in [-0.05, 0) is 56.0 Å². The normalized spacial score (nSPS) is 12.5. The van der Waals surface area contributed by atoms with E-state index in [0.717, 1.165) is 46.0 Å². The molecule has 1 aliphatic rings. The molecular weight excluding hydrogens is 434 g/mol. The van der Waals surface area contributed by atoms with Crippen LogP contribution in [0.2, 0.25) is 0 Å². The highest BCUT2D eigenvalue weighted by Crippen LogP contribution is 2.38. The summed E-state index contributed by atoms with van der Waals surface area (Å²) in [5, 5.41) is 4.02. The molecular formula is C22H21N3O4S2. The van der Waals surface area contributed by atoms with Crippen molar-refractivity contribution in [3.8, 4) is 16.3 Å². The first kappa shape index (κ1) is 21.2. The van der Waals surface area contributed by atoms with Gasteiger partial charge in [0.05, 0.1) is 16.1 Å². The van der Waals surface area contributed by atoms with E-state index >= 15 is 0 Å². The van der Waals surface area contributed by atoms with Gasteiger partial charge in [0.25, 0.3) is 11.8 Å². The number of hydrogen-bond donors (Lipinski definition) is 2. The fraction of sp³-hybridized carbons (Fsp3) is 0.273. The monoisotopic (exact) mass is 455 g/mol. The molecule has 0 saturated carbocycles. The molecule has 2 heterocycles. The number of aromatic nitrogens is 1. The molecule has 160 valence electrons. The molecule has 0 fully saturated rings. The molecule has 0 bridgehead atoms. The second-order valence-electron chi connectivity index (χ2n) is 7.28. The molecule has 1 aliphatic carbocycles. The number of carbonyl (C=O) groups excluding carboxylic acids is 3. The van der Waals surface area contributed by atoms with Crippen molar-refractivity contribution >= 4 is 45.3 Å². The van der Waals surface area contributed by atoms with Crippen molar-refractivity contribution in [3.63, 3.8) is 0 Å². The smallest absolute Gasteiger partial charge is 0.262 e. The molecule has 0 aliphatic heterocycles. The maximum atomic E-state index is 12.4. The number of nitrogens with two attached hydrogens (primary N) is 1. The Morgan fingerprint density at radius 3 is 2.55 bits per heavy atom. The lowest BCUT2D eigenvalue weighted by atomic mass is 10.1. The lowest BCUT2D eigenvalue weighted by molar-refractivity contribution is -0.118. The van der Waals surface area contributed by atoms with E-state index in [4.69, 9.17) is 10.5 Å². The predicted octanol–water partition coefficient (Wildman–Crippen LogP) is 3.99. The summed E-state index contributed by atoms with van der Waals surface area (Å²) in [7, 11) is 0. The van der Waals surface area contributed by atoms with Gasteiger partial charge in [-0.1, -0.05) is 0 Å². The fourth-order valence-corrected chi connectivity index (χ4v) is 5.88. The standard InChI is InChI=1S/C22H21N3O4S2/c1-11-19(12(2)26)31-21(24-11)13-6-8-14(9-7-13)29-10-17(27)25-22-18(20(23)28)15-4-3-5-16(15)30-22/h6-9H,3-5,10H2,1-2H3,(H2,23,28)(H,25,27). The van der Waals surface area contributed by atoms with Gasteiger partial charge in [-0.25, -0.2) is 4.98 Å². The number of ketones is 1. The Morgan fingerprint density at radius 1 is 1.16 bits per heavy atom. The highest BCUT2D eigenvalue weighted by Gasteiger charge is 2.26. The number of nitrogens with zero attached hydrogens (tertiary/aromatic N) is 1. The van der Waals surface area contributed by atoms with Gasteiger partial charge < -0.3 is 15.8 Å². The molecule has 9 heteroatoms. The fourth-order valence-electron chi connectivity index (χ4n) is 3.60. The minimum absolute atomic E-state index is 0.00248. The summed E-state index contributed by atoms with van der Waals surface area (Å²) >= 11 is 2.77. The molecule has 2 amide bonds. The van der Waals surface area contributed by atoms with Crippen LogP contribution in [0.5, 0.6) is 5.75 Å². The Labute approximate surface area is 187 Å². The first-order valence-electron chi connectivity index (χ1n) is 9.79. The number of carbonyl (C=O) groups is 3. The molecule has 3 aromatic rings. The van der Waals surface area contributed by atoms with Crippen LogP contribution in [-0.2, 0) is 17.6 Å². The molecule has 31 heavy (non-hydrogen) atoms. The van der Waals surface area contributed by atoms with Crippen molar-refractivity contribution in [2.24, 2.45) is 5.73 Å². The van der Waals surface area contributed by atoms with Gasteiger partial charge in [0, 0.05) is 17.4 Å². The minimum Gasteiger partial charge on any atom is -0.484 e. The Morgan fingerprint density at radius 2 is 1.90 bits per heavy atom. The van der Waals surface area contributed by atoms with Crippen molar-refractivity contribution in [1.29, 1.82) is 0 Å². The molecule has 2 aromatic heterocycles. The van der Waals surface area contributed by atoms with E-state index in [1.807, 2.05) is 19.1 Å². The van der Waals surface area contributed by atoms with E-state index in [0.29, 0.717) is 21.2 Å². The lowest BCUT2D eigenvalue weighted by Gasteiger charge is -2.08. The first-order chi connectivity index (χ1) is 14.8. The molecule has 0 radical (unpaired) electrons. The van der Waals surface area contributed by atoms with Crippen LogP contribution in [0, 0.1) is 6.92 Å². The zero-order chi connectivity index (χ0) is 22.1. The first-order valence-corrected chi connectivity index (χ1v) is 11.4. The highest BCUT2D eigenvalue weighted by atomic mass is 32.1. The van der Waals surface area contributed by atoms with Crippen LogP contribution in [0.1, 0.15) is 49.5 Å². The molecule has 0 atom stereocenters. The Hall–Kier alpha value is -3.04. The van der Waals surface area contributed by atoms with Crippen LogP contribution in [0.4, 0.5) is 5.00 Å². The van der Waals surface area contributed by atoms with Crippen LogP contribution in [0.3, 0.4) is 0 Å². The predicted molar refractivity (Wildman–Crippen MR) is 121 cm³/mol. The van der Waals surface area contributed by atoms with Gasteiger partial charge in [0.2, 0.25) is 0 Å². The number of Topliss-reactive ketones (excluding diaryl/α,β-unsaturated/α-hetero) is 1. The summed E-state index contributed by atoms with van der Waals surface area (Å²) in [5.41, 5.74) is 8.51. The number of fused-ring (bicyclic) bond motifs is 1. The molecule has 0 unspecified atom stereocenters. The van der Waals surface area contributed by atoms with Crippen LogP contribution in [0.15, 0.2) is 24.3 Å². The van der Waals surface area contributed by atoms with Crippen molar-refractivity contribution in [1.82, 2.24) is 4.98 Å². The van der Waals surface area contributed by atoms with Crippen molar-refractivity contribution in [2.45, 2.75) is 33.1 Å². The van der Waals surface area contributed by atoms with Gasteiger partial charge in [-0.3, -0.25) is 14.4 Å². The maximum absolute atomic E-state index is 12.4. The highest BCUT2D eigenvalue weighted by molar-refractivity contribution is 7.17. The summed E-state index contributed by atoms with van der Waals surface area (Å²) in [6.07, 6.45) is 2.73. The third-order valence-corrected chi connectivity index (χ3v) is 7.52. The molecule has 4 rings (SSSR count). The Kier molecular flexibility index (Phi) is 5.88. The summed E-state index contributed by atoms with van der Waals surface area (Å²) in [6, 6.07) is 7.18. The van der Waals surface area contributed by atoms with Crippen LogP contribution in [0.25, 0.3) is 10.6 Å². The molecule has 1 aromatic carbocycles. The van der Waals surface area contributed by atoms with Gasteiger partial charge in [0.1, 0.15) is 15.8 Å². The summed E-state index contributed by atoms with van der Waals surface area (Å²) in [4.78, 5) is 42.0. The van der Waals surface area contributed by atoms with Gasteiger partial charge in [-0.15, -0.1) is 22.7 Å². The summed E-state index contributed by atoms with van der Waals surface area (Å²) in [6.45, 7) is 3.16. The second-order valence-corrected chi connectivity index (χ2v) is 9.38. The number of hydrogen-bond acceptors (Lipinski definition) is 7. The topological polar surface area (TPSA) is 111 Å². The van der Waals surface area contributed by atoms with Crippen molar-refractivity contribution in [2.75, 3.05) is 11.9 Å². The molecule has 0 saturated heterocycles. The van der Waals surface area contributed by atoms with Gasteiger partial charge in [0.15, 0.2) is 12.4 Å². The number of thiazole rings is 1. The Bertz CT molecular complexity index is 1180. The molecule has 0 spiro atoms. The van der Waals surface area contributed by atoms with Crippen LogP contribution >= 0.6 is 22.7 Å². The largest absolute Gasteiger partial charge is 0.484 e. The average Bonchev–Trinajstić information content (AvgIpc) is 3.40. The zero-order valence-corrected chi connectivity index (χ0v) is 18.7. The Balaban J connectivity index is 1.39. The third kappa shape index (κ3) is 4.38. The number of amides is 2. The quantitative estimate of drug-likeness (QED) is 0.523. The summed E-state index contributed by atoms with van der Waals surface area (Å²) in [5.74, 6) is -0.338.